The second-order valence-electron chi connectivity index (χ2n) is 6.20. The summed E-state index contributed by atoms with van der Waals surface area (Å²) in [5.41, 5.74) is 16.2. The third-order valence-electron chi connectivity index (χ3n) is 4.61. The van der Waals surface area contributed by atoms with Crippen LogP contribution in [0, 0.1) is 27.7 Å². The minimum absolute atomic E-state index is 0.0382. The highest BCUT2D eigenvalue weighted by molar-refractivity contribution is 6.31. The Labute approximate surface area is 150 Å². The third kappa shape index (κ3) is 2.41. The molecule has 2 aromatic heterocycles. The Bertz CT molecular complexity index is 1030. The Morgan fingerprint density at radius 1 is 1.20 bits per heavy atom. The summed E-state index contributed by atoms with van der Waals surface area (Å²) in [6, 6.07) is 3.33. The lowest BCUT2D eigenvalue weighted by molar-refractivity contribution is 0.100. The lowest BCUT2D eigenvalue weighted by Crippen LogP contribution is -2.14. The first-order valence-corrected chi connectivity index (χ1v) is 8.09. The highest BCUT2D eigenvalue weighted by atomic mass is 35.5. The summed E-state index contributed by atoms with van der Waals surface area (Å²) < 4.78 is 1.64. The van der Waals surface area contributed by atoms with E-state index in [9.17, 15) is 9.90 Å². The number of pyridine rings is 1. The molecule has 0 aliphatic rings. The first kappa shape index (κ1) is 17.1. The SMILES string of the molecule is Cc1cc2c(C(N)=O)c(N)n(-c3c(C)c(O)cc(Cl)c3C)c2nc1C. The van der Waals surface area contributed by atoms with Crippen LogP contribution in [0.5, 0.6) is 5.75 Å². The van der Waals surface area contributed by atoms with Crippen molar-refractivity contribution >= 4 is 34.4 Å². The second-order valence-corrected chi connectivity index (χ2v) is 6.61. The summed E-state index contributed by atoms with van der Waals surface area (Å²) >= 11 is 6.24. The molecule has 3 aromatic rings. The standard InChI is InChI=1S/C18H19ClN4O2/c1-7-5-11-14(17(21)25)16(20)23(18(11)22-10(7)4)15-8(2)12(19)6-13(24)9(15)3/h5-6,24H,20H2,1-4H3,(H2,21,25). The van der Waals surface area contributed by atoms with Crippen molar-refractivity contribution in [3.8, 4) is 11.4 Å². The minimum atomic E-state index is -0.632. The van der Waals surface area contributed by atoms with Crippen molar-refractivity contribution in [3.05, 3.63) is 45.1 Å². The molecule has 25 heavy (non-hydrogen) atoms. The van der Waals surface area contributed by atoms with Gasteiger partial charge in [0, 0.05) is 21.7 Å². The van der Waals surface area contributed by atoms with E-state index in [1.807, 2.05) is 26.8 Å². The van der Waals surface area contributed by atoms with Crippen LogP contribution in [0.4, 0.5) is 5.82 Å². The van der Waals surface area contributed by atoms with E-state index >= 15 is 0 Å². The van der Waals surface area contributed by atoms with Gasteiger partial charge >= 0.3 is 0 Å². The summed E-state index contributed by atoms with van der Waals surface area (Å²) in [6.07, 6.45) is 0. The summed E-state index contributed by atoms with van der Waals surface area (Å²) in [5.74, 6) is -0.419. The number of rotatable bonds is 2. The van der Waals surface area contributed by atoms with Crippen molar-refractivity contribution in [1.29, 1.82) is 0 Å². The quantitative estimate of drug-likeness (QED) is 0.653. The molecule has 0 fully saturated rings. The fourth-order valence-corrected chi connectivity index (χ4v) is 3.28. The Balaban J connectivity index is 2.57. The van der Waals surface area contributed by atoms with Gasteiger partial charge in [0.25, 0.3) is 5.91 Å². The number of hydrogen-bond donors (Lipinski definition) is 3. The number of carbonyl (C=O) groups is 1. The Hall–Kier alpha value is -2.73. The number of fused-ring (bicyclic) bond motifs is 1. The molecule has 6 nitrogen and oxygen atoms in total. The maximum absolute atomic E-state index is 12.0. The highest BCUT2D eigenvalue weighted by Crippen LogP contribution is 2.38. The van der Waals surface area contributed by atoms with Crippen LogP contribution in [0.1, 0.15) is 32.7 Å². The van der Waals surface area contributed by atoms with Crippen LogP contribution in [0.15, 0.2) is 12.1 Å². The number of carbonyl (C=O) groups excluding carboxylic acids is 1. The number of nitrogens with two attached hydrogens (primary N) is 2. The molecule has 0 spiro atoms. The van der Waals surface area contributed by atoms with E-state index in [4.69, 9.17) is 23.1 Å². The number of halogens is 1. The van der Waals surface area contributed by atoms with Gasteiger partial charge in [-0.25, -0.2) is 4.98 Å². The molecule has 5 N–H and O–H groups in total. The minimum Gasteiger partial charge on any atom is -0.508 e. The molecule has 0 atom stereocenters. The number of aryl methyl sites for hydroxylation is 2. The fourth-order valence-electron chi connectivity index (χ4n) is 3.08. The maximum atomic E-state index is 12.0. The molecule has 1 aromatic carbocycles. The Kier molecular flexibility index (Phi) is 3.88. The topological polar surface area (TPSA) is 107 Å². The van der Waals surface area contributed by atoms with Crippen LogP contribution < -0.4 is 11.5 Å². The normalized spacial score (nSPS) is 11.2. The summed E-state index contributed by atoms with van der Waals surface area (Å²) in [6.45, 7) is 7.35. The fraction of sp³-hybridized carbons (Fsp3) is 0.222. The average Bonchev–Trinajstić information content (AvgIpc) is 2.78. The van der Waals surface area contributed by atoms with Gasteiger partial charge in [-0.05, 0) is 51.0 Å². The molecular weight excluding hydrogens is 340 g/mol. The predicted molar refractivity (Wildman–Crippen MR) is 99.6 cm³/mol. The number of nitrogens with zero attached hydrogens (tertiary/aromatic N) is 2. The first-order valence-electron chi connectivity index (χ1n) is 7.72. The molecule has 2 heterocycles. The summed E-state index contributed by atoms with van der Waals surface area (Å²) in [4.78, 5) is 16.6. The molecule has 3 rings (SSSR count). The first-order chi connectivity index (χ1) is 11.6. The molecule has 0 saturated heterocycles. The number of aromatic nitrogens is 2. The zero-order valence-electron chi connectivity index (χ0n) is 14.4. The third-order valence-corrected chi connectivity index (χ3v) is 5.00. The number of benzene rings is 1. The molecule has 0 radical (unpaired) electrons. The van der Waals surface area contributed by atoms with E-state index in [1.54, 1.807) is 11.5 Å². The van der Waals surface area contributed by atoms with Crippen LogP contribution in [-0.2, 0) is 0 Å². The largest absolute Gasteiger partial charge is 0.508 e. The molecule has 0 bridgehead atoms. The van der Waals surface area contributed by atoms with Gasteiger partial charge in [-0.1, -0.05) is 11.6 Å². The predicted octanol–water partition coefficient (Wildman–Crippen LogP) is 3.30. The van der Waals surface area contributed by atoms with E-state index < -0.39 is 5.91 Å². The number of primary amides is 1. The van der Waals surface area contributed by atoms with Gasteiger partial charge in [-0.2, -0.15) is 0 Å². The summed E-state index contributed by atoms with van der Waals surface area (Å²) in [7, 11) is 0. The van der Waals surface area contributed by atoms with Crippen molar-refractivity contribution < 1.29 is 9.90 Å². The number of anilines is 1. The van der Waals surface area contributed by atoms with Crippen LogP contribution in [-0.4, -0.2) is 20.6 Å². The van der Waals surface area contributed by atoms with Crippen LogP contribution in [0.3, 0.4) is 0 Å². The van der Waals surface area contributed by atoms with Gasteiger partial charge < -0.3 is 16.6 Å². The Morgan fingerprint density at radius 3 is 2.44 bits per heavy atom. The molecular formula is C18H19ClN4O2. The zero-order valence-corrected chi connectivity index (χ0v) is 15.2. The molecule has 7 heteroatoms. The van der Waals surface area contributed by atoms with Gasteiger partial charge in [0.15, 0.2) is 0 Å². The monoisotopic (exact) mass is 358 g/mol. The van der Waals surface area contributed by atoms with E-state index in [0.717, 1.165) is 16.8 Å². The molecule has 0 saturated carbocycles. The average molecular weight is 359 g/mol. The van der Waals surface area contributed by atoms with E-state index in [2.05, 4.69) is 4.98 Å². The van der Waals surface area contributed by atoms with Crippen molar-refractivity contribution in [2.45, 2.75) is 27.7 Å². The Morgan fingerprint density at radius 2 is 1.84 bits per heavy atom. The maximum Gasteiger partial charge on any atom is 0.253 e. The lowest BCUT2D eigenvalue weighted by atomic mass is 10.1. The van der Waals surface area contributed by atoms with Crippen molar-refractivity contribution in [2.24, 2.45) is 5.73 Å². The molecule has 0 aliphatic heterocycles. The van der Waals surface area contributed by atoms with Gasteiger partial charge in [-0.3, -0.25) is 9.36 Å². The molecule has 0 unspecified atom stereocenters. The van der Waals surface area contributed by atoms with E-state index in [1.165, 1.54) is 6.07 Å². The number of phenols is 1. The lowest BCUT2D eigenvalue weighted by Gasteiger charge is -2.17. The molecule has 1 amide bonds. The number of amides is 1. The van der Waals surface area contributed by atoms with Gasteiger partial charge in [0.1, 0.15) is 17.2 Å². The van der Waals surface area contributed by atoms with Gasteiger partial charge in [-0.15, -0.1) is 0 Å². The van der Waals surface area contributed by atoms with E-state index in [0.29, 0.717) is 27.3 Å². The summed E-state index contributed by atoms with van der Waals surface area (Å²) in [5, 5.41) is 11.2. The van der Waals surface area contributed by atoms with Gasteiger partial charge in [0.05, 0.1) is 11.3 Å². The van der Waals surface area contributed by atoms with Crippen LogP contribution >= 0.6 is 11.6 Å². The highest BCUT2D eigenvalue weighted by Gasteiger charge is 2.25. The number of nitrogen functional groups attached to an aromatic ring is 1. The smallest absolute Gasteiger partial charge is 0.253 e. The van der Waals surface area contributed by atoms with Crippen molar-refractivity contribution in [1.82, 2.24) is 9.55 Å². The van der Waals surface area contributed by atoms with E-state index in [-0.39, 0.29) is 17.1 Å². The number of phenolic OH excluding ortho intramolecular Hbond substituents is 1. The second kappa shape index (κ2) is 5.67. The molecule has 0 aliphatic carbocycles. The van der Waals surface area contributed by atoms with Crippen molar-refractivity contribution in [3.63, 3.8) is 0 Å². The molecule has 130 valence electrons. The van der Waals surface area contributed by atoms with Crippen LogP contribution in [0.25, 0.3) is 16.7 Å². The number of hydrogen-bond acceptors (Lipinski definition) is 4. The van der Waals surface area contributed by atoms with Crippen LogP contribution in [0.2, 0.25) is 5.02 Å². The number of aromatic hydroxyl groups is 1. The van der Waals surface area contributed by atoms with Gasteiger partial charge in [0.2, 0.25) is 0 Å². The van der Waals surface area contributed by atoms with Crippen molar-refractivity contribution in [2.75, 3.05) is 5.73 Å². The zero-order chi connectivity index (χ0) is 18.6.